The molecule has 2 aromatic heterocycles. The molecule has 1 fully saturated rings. The molecule has 5 heteroatoms. The Balaban J connectivity index is 1.62. The molecule has 3 aromatic rings. The molecule has 5 nitrogen and oxygen atoms in total. The molecule has 24 heavy (non-hydrogen) atoms. The van der Waals surface area contributed by atoms with Crippen LogP contribution in [0.25, 0.3) is 10.9 Å². The van der Waals surface area contributed by atoms with E-state index in [1.807, 2.05) is 53.2 Å². The maximum atomic E-state index is 13.1. The van der Waals surface area contributed by atoms with E-state index in [0.29, 0.717) is 6.54 Å². The summed E-state index contributed by atoms with van der Waals surface area (Å²) in [6.07, 6.45) is 9.22. The van der Waals surface area contributed by atoms with E-state index in [9.17, 15) is 4.79 Å². The second-order valence-corrected chi connectivity index (χ2v) is 6.39. The number of fused-ring (bicyclic) bond motifs is 1. The largest absolute Gasteiger partial charge is 0.350 e. The lowest BCUT2D eigenvalue weighted by atomic mass is 9.94. The van der Waals surface area contributed by atoms with Crippen LogP contribution >= 0.6 is 0 Å². The summed E-state index contributed by atoms with van der Waals surface area (Å²) >= 11 is 0. The van der Waals surface area contributed by atoms with Crippen molar-refractivity contribution in [2.24, 2.45) is 7.05 Å². The summed E-state index contributed by atoms with van der Waals surface area (Å²) in [5.41, 5.74) is 2.85. The first-order valence-corrected chi connectivity index (χ1v) is 8.33. The lowest BCUT2D eigenvalue weighted by Crippen LogP contribution is -2.39. The van der Waals surface area contributed by atoms with E-state index in [-0.39, 0.29) is 11.8 Å². The zero-order valence-electron chi connectivity index (χ0n) is 13.7. The van der Waals surface area contributed by atoms with Crippen LogP contribution in [0.1, 0.15) is 34.8 Å². The van der Waals surface area contributed by atoms with Gasteiger partial charge in [-0.3, -0.25) is 14.8 Å². The molecule has 1 saturated heterocycles. The van der Waals surface area contributed by atoms with Crippen LogP contribution in [0.4, 0.5) is 0 Å². The molecule has 0 aliphatic carbocycles. The Morgan fingerprint density at radius 3 is 2.96 bits per heavy atom. The number of carbonyl (C=O) groups excluding carboxylic acids is 1. The fourth-order valence-corrected chi connectivity index (χ4v) is 3.61. The molecule has 0 spiro atoms. The number of carbonyl (C=O) groups is 1. The van der Waals surface area contributed by atoms with Crippen molar-refractivity contribution in [3.8, 4) is 0 Å². The number of nitrogens with zero attached hydrogens (tertiary/aromatic N) is 4. The van der Waals surface area contributed by atoms with Crippen molar-refractivity contribution in [2.45, 2.75) is 18.8 Å². The quantitative estimate of drug-likeness (QED) is 0.729. The summed E-state index contributed by atoms with van der Waals surface area (Å²) in [6.45, 7) is 1.51. The Labute approximate surface area is 140 Å². The average Bonchev–Trinajstić information content (AvgIpc) is 2.99. The number of aryl methyl sites for hydroxylation is 1. The summed E-state index contributed by atoms with van der Waals surface area (Å²) < 4.78 is 2.02. The fraction of sp³-hybridized carbons (Fsp3) is 0.316. The van der Waals surface area contributed by atoms with Crippen molar-refractivity contribution < 1.29 is 4.79 Å². The van der Waals surface area contributed by atoms with Crippen LogP contribution < -0.4 is 0 Å². The molecule has 122 valence electrons. The van der Waals surface area contributed by atoms with Crippen LogP contribution in [0.5, 0.6) is 0 Å². The highest BCUT2D eigenvalue weighted by Gasteiger charge is 2.27. The van der Waals surface area contributed by atoms with Crippen LogP contribution in [0.15, 0.2) is 49.1 Å². The number of hydrogen-bond donors (Lipinski definition) is 0. The second-order valence-electron chi connectivity index (χ2n) is 6.39. The molecule has 1 aliphatic heterocycles. The smallest absolute Gasteiger partial charge is 0.256 e. The van der Waals surface area contributed by atoms with Crippen molar-refractivity contribution in [3.05, 3.63) is 60.3 Å². The van der Waals surface area contributed by atoms with Gasteiger partial charge in [0.15, 0.2) is 0 Å². The zero-order valence-corrected chi connectivity index (χ0v) is 13.7. The number of piperidine rings is 1. The Kier molecular flexibility index (Phi) is 3.76. The molecule has 1 atom stereocenters. The highest BCUT2D eigenvalue weighted by Crippen LogP contribution is 2.28. The van der Waals surface area contributed by atoms with Gasteiger partial charge in [0.1, 0.15) is 0 Å². The summed E-state index contributed by atoms with van der Waals surface area (Å²) in [5.74, 6) is 0.381. The van der Waals surface area contributed by atoms with Gasteiger partial charge in [0.2, 0.25) is 0 Å². The number of aromatic nitrogens is 3. The fourth-order valence-electron chi connectivity index (χ4n) is 3.61. The maximum absolute atomic E-state index is 13.1. The normalized spacial score (nSPS) is 18.0. The van der Waals surface area contributed by atoms with E-state index in [1.54, 1.807) is 12.4 Å². The molecule has 4 rings (SSSR count). The molecule has 0 saturated carbocycles. The van der Waals surface area contributed by atoms with Crippen molar-refractivity contribution >= 4 is 16.8 Å². The molecule has 1 aliphatic rings. The van der Waals surface area contributed by atoms with E-state index in [0.717, 1.165) is 41.5 Å². The lowest BCUT2D eigenvalue weighted by molar-refractivity contribution is 0.0707. The van der Waals surface area contributed by atoms with Gasteiger partial charge in [-0.2, -0.15) is 0 Å². The van der Waals surface area contributed by atoms with Gasteiger partial charge in [-0.15, -0.1) is 0 Å². The van der Waals surface area contributed by atoms with E-state index in [1.165, 1.54) is 0 Å². The van der Waals surface area contributed by atoms with Crippen LogP contribution in [0.2, 0.25) is 0 Å². The summed E-state index contributed by atoms with van der Waals surface area (Å²) in [7, 11) is 1.98. The number of benzene rings is 1. The van der Waals surface area contributed by atoms with Crippen LogP contribution in [-0.4, -0.2) is 38.4 Å². The predicted molar refractivity (Wildman–Crippen MR) is 92.8 cm³/mol. The molecule has 0 radical (unpaired) electrons. The number of para-hydroxylation sites is 1. The van der Waals surface area contributed by atoms with Crippen LogP contribution in [-0.2, 0) is 7.05 Å². The van der Waals surface area contributed by atoms with Gasteiger partial charge in [0.05, 0.1) is 11.3 Å². The molecule has 3 heterocycles. The average molecular weight is 320 g/mol. The summed E-state index contributed by atoms with van der Waals surface area (Å²) in [5, 5.41) is 1.02. The van der Waals surface area contributed by atoms with Gasteiger partial charge < -0.3 is 9.47 Å². The molecule has 1 aromatic carbocycles. The predicted octanol–water partition coefficient (Wildman–Crippen LogP) is 2.99. The standard InChI is InChI=1S/C19H20N4O/c1-22-13-16(15-6-2-3-7-18(15)22)19(24)23-10-4-5-14(12-23)17-11-20-8-9-21-17/h2-3,6-9,11,13-14H,4-5,10,12H2,1H3. The minimum Gasteiger partial charge on any atom is -0.350 e. The molecule has 1 unspecified atom stereocenters. The van der Waals surface area contributed by atoms with Gasteiger partial charge >= 0.3 is 0 Å². The van der Waals surface area contributed by atoms with E-state index >= 15 is 0 Å². The Bertz CT molecular complexity index is 871. The van der Waals surface area contributed by atoms with Crippen molar-refractivity contribution in [2.75, 3.05) is 13.1 Å². The molecule has 0 N–H and O–H groups in total. The second kappa shape index (κ2) is 6.07. The first kappa shape index (κ1) is 14.9. The Morgan fingerprint density at radius 2 is 2.12 bits per heavy atom. The van der Waals surface area contributed by atoms with Crippen molar-refractivity contribution in [3.63, 3.8) is 0 Å². The van der Waals surface area contributed by atoms with Crippen molar-refractivity contribution in [1.29, 1.82) is 0 Å². The molecule has 1 amide bonds. The molecule has 0 bridgehead atoms. The number of amides is 1. The number of hydrogen-bond acceptors (Lipinski definition) is 3. The Hall–Kier alpha value is -2.69. The topological polar surface area (TPSA) is 51.0 Å². The van der Waals surface area contributed by atoms with Gasteiger partial charge in [0.25, 0.3) is 5.91 Å². The van der Waals surface area contributed by atoms with Gasteiger partial charge in [0, 0.05) is 61.7 Å². The monoisotopic (exact) mass is 320 g/mol. The minimum absolute atomic E-state index is 0.111. The van der Waals surface area contributed by atoms with Crippen LogP contribution in [0, 0.1) is 0 Å². The first-order chi connectivity index (χ1) is 11.7. The van der Waals surface area contributed by atoms with E-state index < -0.39 is 0 Å². The number of likely N-dealkylation sites (tertiary alicyclic amines) is 1. The molecular weight excluding hydrogens is 300 g/mol. The third-order valence-electron chi connectivity index (χ3n) is 4.84. The first-order valence-electron chi connectivity index (χ1n) is 8.33. The van der Waals surface area contributed by atoms with Gasteiger partial charge in [-0.05, 0) is 18.9 Å². The Morgan fingerprint density at radius 1 is 1.25 bits per heavy atom. The third-order valence-corrected chi connectivity index (χ3v) is 4.84. The van der Waals surface area contributed by atoms with Crippen molar-refractivity contribution in [1.82, 2.24) is 19.4 Å². The minimum atomic E-state index is 0.111. The highest BCUT2D eigenvalue weighted by atomic mass is 16.2. The maximum Gasteiger partial charge on any atom is 0.256 e. The third kappa shape index (κ3) is 2.56. The van der Waals surface area contributed by atoms with E-state index in [2.05, 4.69) is 9.97 Å². The summed E-state index contributed by atoms with van der Waals surface area (Å²) in [4.78, 5) is 23.6. The SMILES string of the molecule is Cn1cc(C(=O)N2CCCC(c3cnccn3)C2)c2ccccc21. The van der Waals surface area contributed by atoms with E-state index in [4.69, 9.17) is 0 Å². The van der Waals surface area contributed by atoms with Crippen LogP contribution in [0.3, 0.4) is 0 Å². The van der Waals surface area contributed by atoms with Gasteiger partial charge in [-0.1, -0.05) is 18.2 Å². The molecular formula is C19H20N4O. The zero-order chi connectivity index (χ0) is 16.5. The summed E-state index contributed by atoms with van der Waals surface area (Å²) in [6, 6.07) is 8.05. The highest BCUT2D eigenvalue weighted by molar-refractivity contribution is 6.07. The number of rotatable bonds is 2. The lowest BCUT2D eigenvalue weighted by Gasteiger charge is -2.32. The van der Waals surface area contributed by atoms with Gasteiger partial charge in [-0.25, -0.2) is 0 Å².